The van der Waals surface area contributed by atoms with E-state index in [0.29, 0.717) is 6.04 Å². The first-order valence-corrected chi connectivity index (χ1v) is 8.83. The topological polar surface area (TPSA) is 21.3 Å². The second-order valence-electron chi connectivity index (χ2n) is 5.06. The summed E-state index contributed by atoms with van der Waals surface area (Å²) < 4.78 is 5.51. The van der Waals surface area contributed by atoms with Crippen LogP contribution >= 0.6 is 11.8 Å². The van der Waals surface area contributed by atoms with Crippen molar-refractivity contribution in [1.82, 2.24) is 5.32 Å². The molecule has 1 rings (SSSR count). The highest BCUT2D eigenvalue weighted by Crippen LogP contribution is 2.24. The number of hydrogen-bond acceptors (Lipinski definition) is 3. The van der Waals surface area contributed by atoms with Gasteiger partial charge in [-0.1, -0.05) is 32.9 Å². The fraction of sp³-hybridized carbons (Fsp3) is 0.647. The summed E-state index contributed by atoms with van der Waals surface area (Å²) >= 11 is 2.05. The van der Waals surface area contributed by atoms with Gasteiger partial charge in [-0.05, 0) is 44.0 Å². The third-order valence-corrected chi connectivity index (χ3v) is 4.78. The number of ether oxygens (including phenoxy) is 1. The normalized spacial score (nSPS) is 14.0. The molecule has 0 fully saturated rings. The first-order valence-electron chi connectivity index (χ1n) is 7.78. The fourth-order valence-electron chi connectivity index (χ4n) is 1.93. The van der Waals surface area contributed by atoms with Gasteiger partial charge in [0.25, 0.3) is 0 Å². The molecule has 1 aromatic rings. The quantitative estimate of drug-likeness (QED) is 0.678. The molecule has 0 aromatic heterocycles. The lowest BCUT2D eigenvalue weighted by atomic mass is 10.1. The molecule has 0 aliphatic rings. The van der Waals surface area contributed by atoms with Gasteiger partial charge in [0.2, 0.25) is 0 Å². The van der Waals surface area contributed by atoms with Gasteiger partial charge in [0.15, 0.2) is 0 Å². The number of benzene rings is 1. The van der Waals surface area contributed by atoms with Crippen LogP contribution in [0.2, 0.25) is 0 Å². The first-order chi connectivity index (χ1) is 9.71. The van der Waals surface area contributed by atoms with E-state index >= 15 is 0 Å². The van der Waals surface area contributed by atoms with Crippen molar-refractivity contribution in [2.24, 2.45) is 0 Å². The highest BCUT2D eigenvalue weighted by molar-refractivity contribution is 7.99. The van der Waals surface area contributed by atoms with Gasteiger partial charge in [0, 0.05) is 17.0 Å². The van der Waals surface area contributed by atoms with E-state index in [1.807, 2.05) is 6.92 Å². The molecular formula is C17H29NOS. The van der Waals surface area contributed by atoms with Crippen LogP contribution in [0.1, 0.15) is 52.1 Å². The molecule has 114 valence electrons. The lowest BCUT2D eigenvalue weighted by Gasteiger charge is -2.20. The summed E-state index contributed by atoms with van der Waals surface area (Å²) in [4.78, 5) is 0. The molecule has 0 saturated heterocycles. The van der Waals surface area contributed by atoms with E-state index in [-0.39, 0.29) is 0 Å². The molecule has 0 amide bonds. The third kappa shape index (κ3) is 6.19. The van der Waals surface area contributed by atoms with Gasteiger partial charge in [-0.25, -0.2) is 0 Å². The SMILES string of the molecule is CCCNC(CSC(C)CC)c1ccc(OCC)cc1. The standard InChI is InChI=1S/C17H29NOS/c1-5-12-18-17(13-20-14(4)6-2)15-8-10-16(11-9-15)19-7-3/h8-11,14,17-18H,5-7,12-13H2,1-4H3. The molecule has 0 heterocycles. The van der Waals surface area contributed by atoms with Crippen LogP contribution in [0.3, 0.4) is 0 Å². The zero-order valence-corrected chi connectivity index (χ0v) is 14.1. The molecule has 0 radical (unpaired) electrons. The van der Waals surface area contributed by atoms with Gasteiger partial charge in [-0.2, -0.15) is 11.8 Å². The second kappa shape index (κ2) is 10.1. The molecule has 1 aromatic carbocycles. The summed E-state index contributed by atoms with van der Waals surface area (Å²) in [6, 6.07) is 8.97. The van der Waals surface area contributed by atoms with E-state index in [1.54, 1.807) is 0 Å². The van der Waals surface area contributed by atoms with E-state index in [9.17, 15) is 0 Å². The lowest BCUT2D eigenvalue weighted by Crippen LogP contribution is -2.24. The zero-order chi connectivity index (χ0) is 14.8. The summed E-state index contributed by atoms with van der Waals surface area (Å²) in [5, 5.41) is 4.38. The molecule has 3 heteroatoms. The van der Waals surface area contributed by atoms with Crippen molar-refractivity contribution in [2.75, 3.05) is 18.9 Å². The number of thioether (sulfide) groups is 1. The summed E-state index contributed by atoms with van der Waals surface area (Å²) in [6.07, 6.45) is 2.40. The minimum atomic E-state index is 0.435. The highest BCUT2D eigenvalue weighted by atomic mass is 32.2. The van der Waals surface area contributed by atoms with Gasteiger partial charge >= 0.3 is 0 Å². The average molecular weight is 295 g/mol. The van der Waals surface area contributed by atoms with Crippen LogP contribution in [-0.2, 0) is 0 Å². The predicted octanol–water partition coefficient (Wildman–Crippen LogP) is 4.66. The maximum absolute atomic E-state index is 5.51. The Balaban J connectivity index is 2.65. The zero-order valence-electron chi connectivity index (χ0n) is 13.3. The highest BCUT2D eigenvalue weighted by Gasteiger charge is 2.12. The van der Waals surface area contributed by atoms with E-state index in [0.717, 1.165) is 29.9 Å². The van der Waals surface area contributed by atoms with Crippen molar-refractivity contribution in [3.8, 4) is 5.75 Å². The van der Waals surface area contributed by atoms with Gasteiger partial charge in [-0.15, -0.1) is 0 Å². The van der Waals surface area contributed by atoms with Crippen molar-refractivity contribution in [2.45, 2.75) is 51.8 Å². The smallest absolute Gasteiger partial charge is 0.119 e. The Morgan fingerprint density at radius 1 is 1.15 bits per heavy atom. The van der Waals surface area contributed by atoms with Crippen molar-refractivity contribution in [1.29, 1.82) is 0 Å². The molecule has 0 saturated carbocycles. The molecule has 1 N–H and O–H groups in total. The Kier molecular flexibility index (Phi) is 8.79. The van der Waals surface area contributed by atoms with E-state index in [2.05, 4.69) is 62.1 Å². The Bertz CT molecular complexity index is 353. The van der Waals surface area contributed by atoms with Gasteiger partial charge in [0.1, 0.15) is 5.75 Å². The maximum Gasteiger partial charge on any atom is 0.119 e. The van der Waals surface area contributed by atoms with Crippen LogP contribution in [0.15, 0.2) is 24.3 Å². The minimum absolute atomic E-state index is 0.435. The van der Waals surface area contributed by atoms with Crippen LogP contribution in [0.5, 0.6) is 5.75 Å². The van der Waals surface area contributed by atoms with Crippen LogP contribution in [0.25, 0.3) is 0 Å². The average Bonchev–Trinajstić information content (AvgIpc) is 2.48. The summed E-state index contributed by atoms with van der Waals surface area (Å²) in [5.74, 6) is 2.09. The third-order valence-electron chi connectivity index (χ3n) is 3.36. The van der Waals surface area contributed by atoms with Crippen molar-refractivity contribution >= 4 is 11.8 Å². The van der Waals surface area contributed by atoms with Crippen molar-refractivity contribution in [3.63, 3.8) is 0 Å². The molecule has 0 aliphatic carbocycles. The Labute approximate surface area is 128 Å². The molecule has 2 unspecified atom stereocenters. The molecule has 20 heavy (non-hydrogen) atoms. The number of hydrogen-bond donors (Lipinski definition) is 1. The first kappa shape index (κ1) is 17.4. The van der Waals surface area contributed by atoms with Crippen molar-refractivity contribution in [3.05, 3.63) is 29.8 Å². The van der Waals surface area contributed by atoms with Crippen LogP contribution in [0.4, 0.5) is 0 Å². The predicted molar refractivity (Wildman–Crippen MR) is 90.9 cm³/mol. The minimum Gasteiger partial charge on any atom is -0.494 e. The summed E-state index contributed by atoms with van der Waals surface area (Å²) in [6.45, 7) is 10.6. The van der Waals surface area contributed by atoms with Gasteiger partial charge in [-0.3, -0.25) is 0 Å². The largest absolute Gasteiger partial charge is 0.494 e. The lowest BCUT2D eigenvalue weighted by molar-refractivity contribution is 0.340. The van der Waals surface area contributed by atoms with E-state index in [1.165, 1.54) is 18.4 Å². The van der Waals surface area contributed by atoms with E-state index in [4.69, 9.17) is 4.74 Å². The monoisotopic (exact) mass is 295 g/mol. The van der Waals surface area contributed by atoms with Gasteiger partial charge in [0.05, 0.1) is 6.61 Å². The Hall–Kier alpha value is -0.670. The van der Waals surface area contributed by atoms with Crippen LogP contribution < -0.4 is 10.1 Å². The van der Waals surface area contributed by atoms with E-state index < -0.39 is 0 Å². The van der Waals surface area contributed by atoms with Crippen LogP contribution in [-0.4, -0.2) is 24.2 Å². The van der Waals surface area contributed by atoms with Crippen LogP contribution in [0, 0.1) is 0 Å². The maximum atomic E-state index is 5.51. The summed E-state index contributed by atoms with van der Waals surface area (Å²) in [5.41, 5.74) is 1.36. The molecular weight excluding hydrogens is 266 g/mol. The molecule has 2 atom stereocenters. The summed E-state index contributed by atoms with van der Waals surface area (Å²) in [7, 11) is 0. The Morgan fingerprint density at radius 2 is 1.85 bits per heavy atom. The fourth-order valence-corrected chi connectivity index (χ4v) is 3.00. The molecule has 0 spiro atoms. The molecule has 0 aliphatic heterocycles. The second-order valence-corrected chi connectivity index (χ2v) is 6.53. The number of nitrogens with one attached hydrogen (secondary N) is 1. The number of rotatable bonds is 10. The van der Waals surface area contributed by atoms with Gasteiger partial charge < -0.3 is 10.1 Å². The molecule has 2 nitrogen and oxygen atoms in total. The Morgan fingerprint density at radius 3 is 2.40 bits per heavy atom. The molecule has 0 bridgehead atoms. The van der Waals surface area contributed by atoms with Crippen molar-refractivity contribution < 1.29 is 4.74 Å².